The molecule has 3 nitrogen and oxygen atoms in total. The number of nitrogen functional groups attached to an aromatic ring is 1. The molecule has 0 bridgehead atoms. The second-order valence-electron chi connectivity index (χ2n) is 4.61. The molecule has 0 amide bonds. The van der Waals surface area contributed by atoms with E-state index in [1.54, 1.807) is 0 Å². The lowest BCUT2D eigenvalue weighted by Crippen LogP contribution is -2.27. The van der Waals surface area contributed by atoms with Crippen molar-refractivity contribution in [3.63, 3.8) is 0 Å². The standard InChI is InChI=1S/C16H22N2O/c1-3-18(4-2)9-10-19-14-11-13-7-5-6-8-15(13)16(17)12-14/h5-8,11-12H,3-4,9-10,17H2,1-2H3. The molecule has 0 fully saturated rings. The number of fused-ring (bicyclic) bond motifs is 1. The van der Waals surface area contributed by atoms with Gasteiger partial charge < -0.3 is 15.4 Å². The van der Waals surface area contributed by atoms with Crippen LogP contribution in [0.4, 0.5) is 5.69 Å². The third kappa shape index (κ3) is 3.38. The summed E-state index contributed by atoms with van der Waals surface area (Å²) >= 11 is 0. The highest BCUT2D eigenvalue weighted by molar-refractivity contribution is 5.94. The van der Waals surface area contributed by atoms with Gasteiger partial charge in [0.25, 0.3) is 0 Å². The van der Waals surface area contributed by atoms with Crippen molar-refractivity contribution in [1.82, 2.24) is 4.90 Å². The minimum Gasteiger partial charge on any atom is -0.492 e. The maximum atomic E-state index is 6.05. The van der Waals surface area contributed by atoms with Crippen molar-refractivity contribution in [1.29, 1.82) is 0 Å². The van der Waals surface area contributed by atoms with Crippen LogP contribution in [0.2, 0.25) is 0 Å². The van der Waals surface area contributed by atoms with Gasteiger partial charge in [-0.15, -0.1) is 0 Å². The van der Waals surface area contributed by atoms with Gasteiger partial charge in [-0.05, 0) is 24.5 Å². The Labute approximate surface area is 115 Å². The van der Waals surface area contributed by atoms with Crippen LogP contribution < -0.4 is 10.5 Å². The zero-order chi connectivity index (χ0) is 13.7. The molecular weight excluding hydrogens is 236 g/mol. The molecule has 0 aliphatic rings. The highest BCUT2D eigenvalue weighted by atomic mass is 16.5. The SMILES string of the molecule is CCN(CC)CCOc1cc(N)c2ccccc2c1. The molecule has 0 radical (unpaired) electrons. The third-order valence-electron chi connectivity index (χ3n) is 3.44. The highest BCUT2D eigenvalue weighted by Gasteiger charge is 2.03. The average molecular weight is 258 g/mol. The first-order chi connectivity index (χ1) is 9.24. The number of rotatable bonds is 6. The van der Waals surface area contributed by atoms with Crippen molar-refractivity contribution in [2.45, 2.75) is 13.8 Å². The summed E-state index contributed by atoms with van der Waals surface area (Å²) < 4.78 is 5.81. The summed E-state index contributed by atoms with van der Waals surface area (Å²) in [6.45, 7) is 8.08. The monoisotopic (exact) mass is 258 g/mol. The van der Waals surface area contributed by atoms with E-state index in [-0.39, 0.29) is 0 Å². The minimum atomic E-state index is 0.694. The smallest absolute Gasteiger partial charge is 0.122 e. The van der Waals surface area contributed by atoms with Gasteiger partial charge in [0.05, 0.1) is 0 Å². The van der Waals surface area contributed by atoms with Crippen molar-refractivity contribution in [2.75, 3.05) is 32.0 Å². The minimum absolute atomic E-state index is 0.694. The molecular formula is C16H22N2O. The molecule has 0 atom stereocenters. The van der Waals surface area contributed by atoms with Gasteiger partial charge in [0.15, 0.2) is 0 Å². The van der Waals surface area contributed by atoms with Gasteiger partial charge in [0, 0.05) is 23.7 Å². The summed E-state index contributed by atoms with van der Waals surface area (Å²) in [7, 11) is 0. The molecule has 0 saturated heterocycles. The lowest BCUT2D eigenvalue weighted by atomic mass is 10.1. The van der Waals surface area contributed by atoms with E-state index in [2.05, 4.69) is 24.8 Å². The predicted molar refractivity (Wildman–Crippen MR) is 81.6 cm³/mol. The fourth-order valence-corrected chi connectivity index (χ4v) is 2.23. The molecule has 0 aromatic heterocycles. The predicted octanol–water partition coefficient (Wildman–Crippen LogP) is 3.14. The number of benzene rings is 2. The summed E-state index contributed by atoms with van der Waals surface area (Å²) in [5.74, 6) is 0.850. The second kappa shape index (κ2) is 6.43. The van der Waals surface area contributed by atoms with Crippen molar-refractivity contribution >= 4 is 16.5 Å². The van der Waals surface area contributed by atoms with E-state index >= 15 is 0 Å². The Kier molecular flexibility index (Phi) is 4.63. The summed E-state index contributed by atoms with van der Waals surface area (Å²) in [4.78, 5) is 2.34. The van der Waals surface area contributed by atoms with Gasteiger partial charge in [-0.3, -0.25) is 0 Å². The topological polar surface area (TPSA) is 38.5 Å². The van der Waals surface area contributed by atoms with E-state index in [0.29, 0.717) is 6.61 Å². The first kappa shape index (κ1) is 13.7. The van der Waals surface area contributed by atoms with Crippen molar-refractivity contribution in [3.8, 4) is 5.75 Å². The third-order valence-corrected chi connectivity index (χ3v) is 3.44. The van der Waals surface area contributed by atoms with Gasteiger partial charge in [-0.25, -0.2) is 0 Å². The van der Waals surface area contributed by atoms with E-state index in [4.69, 9.17) is 10.5 Å². The Bertz CT molecular complexity index is 535. The van der Waals surface area contributed by atoms with Crippen molar-refractivity contribution in [3.05, 3.63) is 36.4 Å². The molecule has 2 rings (SSSR count). The molecule has 0 aliphatic carbocycles. The Balaban J connectivity index is 2.05. The quantitative estimate of drug-likeness (QED) is 0.809. The van der Waals surface area contributed by atoms with Gasteiger partial charge in [0.2, 0.25) is 0 Å². The van der Waals surface area contributed by atoms with Crippen LogP contribution in [-0.2, 0) is 0 Å². The van der Waals surface area contributed by atoms with Crippen molar-refractivity contribution in [2.24, 2.45) is 0 Å². The second-order valence-corrected chi connectivity index (χ2v) is 4.61. The molecule has 0 aliphatic heterocycles. The van der Waals surface area contributed by atoms with E-state index < -0.39 is 0 Å². The Hall–Kier alpha value is -1.74. The van der Waals surface area contributed by atoms with Crippen LogP contribution in [-0.4, -0.2) is 31.1 Å². The van der Waals surface area contributed by atoms with Crippen LogP contribution in [0, 0.1) is 0 Å². The fourth-order valence-electron chi connectivity index (χ4n) is 2.23. The number of hydrogen-bond acceptors (Lipinski definition) is 3. The zero-order valence-electron chi connectivity index (χ0n) is 11.7. The summed E-state index contributed by atoms with van der Waals surface area (Å²) in [5, 5.41) is 2.21. The zero-order valence-corrected chi connectivity index (χ0v) is 11.7. The van der Waals surface area contributed by atoms with Gasteiger partial charge in [-0.2, -0.15) is 0 Å². The van der Waals surface area contributed by atoms with Crippen LogP contribution in [0.1, 0.15) is 13.8 Å². The molecule has 2 aromatic carbocycles. The Morgan fingerprint density at radius 3 is 2.58 bits per heavy atom. The number of nitrogens with two attached hydrogens (primary N) is 1. The van der Waals surface area contributed by atoms with Gasteiger partial charge in [-0.1, -0.05) is 38.1 Å². The molecule has 2 aromatic rings. The summed E-state index contributed by atoms with van der Waals surface area (Å²) in [6, 6.07) is 12.1. The normalized spacial score (nSPS) is 11.1. The number of likely N-dealkylation sites (N-methyl/N-ethyl adjacent to an activating group) is 1. The van der Waals surface area contributed by atoms with E-state index in [0.717, 1.165) is 41.8 Å². The largest absolute Gasteiger partial charge is 0.492 e. The first-order valence-electron chi connectivity index (χ1n) is 6.88. The molecule has 2 N–H and O–H groups in total. The number of ether oxygens (including phenoxy) is 1. The highest BCUT2D eigenvalue weighted by Crippen LogP contribution is 2.26. The van der Waals surface area contributed by atoms with E-state index in [1.165, 1.54) is 0 Å². The van der Waals surface area contributed by atoms with Gasteiger partial charge in [0.1, 0.15) is 12.4 Å². The number of hydrogen-bond donors (Lipinski definition) is 1. The first-order valence-corrected chi connectivity index (χ1v) is 6.88. The lowest BCUT2D eigenvalue weighted by molar-refractivity contribution is 0.223. The van der Waals surface area contributed by atoms with Crippen LogP contribution >= 0.6 is 0 Å². The Morgan fingerprint density at radius 1 is 1.11 bits per heavy atom. The molecule has 0 spiro atoms. The van der Waals surface area contributed by atoms with E-state index in [9.17, 15) is 0 Å². The molecule has 0 unspecified atom stereocenters. The van der Waals surface area contributed by atoms with Crippen LogP contribution in [0.25, 0.3) is 10.8 Å². The summed E-state index contributed by atoms with van der Waals surface area (Å²) in [6.07, 6.45) is 0. The van der Waals surface area contributed by atoms with Crippen LogP contribution in [0.3, 0.4) is 0 Å². The van der Waals surface area contributed by atoms with Crippen molar-refractivity contribution < 1.29 is 4.74 Å². The molecule has 3 heteroatoms. The molecule has 0 saturated carbocycles. The maximum absolute atomic E-state index is 6.05. The molecule has 0 heterocycles. The fraction of sp³-hybridized carbons (Fsp3) is 0.375. The van der Waals surface area contributed by atoms with Crippen LogP contribution in [0.15, 0.2) is 36.4 Å². The van der Waals surface area contributed by atoms with Gasteiger partial charge >= 0.3 is 0 Å². The lowest BCUT2D eigenvalue weighted by Gasteiger charge is -2.18. The van der Waals surface area contributed by atoms with E-state index in [1.807, 2.05) is 30.3 Å². The maximum Gasteiger partial charge on any atom is 0.122 e. The van der Waals surface area contributed by atoms with Crippen LogP contribution in [0.5, 0.6) is 5.75 Å². The number of anilines is 1. The summed E-state index contributed by atoms with van der Waals surface area (Å²) in [5.41, 5.74) is 6.82. The molecule has 102 valence electrons. The molecule has 19 heavy (non-hydrogen) atoms. The Morgan fingerprint density at radius 2 is 1.84 bits per heavy atom. The average Bonchev–Trinajstić information content (AvgIpc) is 2.44. The number of nitrogens with zero attached hydrogens (tertiary/aromatic N) is 1.